The molecule has 146 valence electrons. The molecule has 0 N–H and O–H groups in total. The summed E-state index contributed by atoms with van der Waals surface area (Å²) >= 11 is 0. The predicted molar refractivity (Wildman–Crippen MR) is 111 cm³/mol. The van der Waals surface area contributed by atoms with Gasteiger partial charge >= 0.3 is 0 Å². The van der Waals surface area contributed by atoms with Crippen LogP contribution in [0.3, 0.4) is 0 Å². The second kappa shape index (κ2) is 9.77. The maximum absolute atomic E-state index is 6.00. The van der Waals surface area contributed by atoms with Gasteiger partial charge < -0.3 is 19.3 Å². The van der Waals surface area contributed by atoms with Crippen LogP contribution in [0.1, 0.15) is 23.1 Å². The van der Waals surface area contributed by atoms with Gasteiger partial charge in [-0.05, 0) is 56.6 Å². The van der Waals surface area contributed by atoms with E-state index in [-0.39, 0.29) is 0 Å². The minimum absolute atomic E-state index is 0.556. The molecule has 0 amide bonds. The van der Waals surface area contributed by atoms with Crippen molar-refractivity contribution in [2.45, 2.75) is 26.4 Å². The molecule has 3 rings (SSSR count). The van der Waals surface area contributed by atoms with Gasteiger partial charge in [0, 0.05) is 26.2 Å². The molecule has 27 heavy (non-hydrogen) atoms. The number of piperazine rings is 1. The zero-order chi connectivity index (χ0) is 19.1. The Hall–Kier alpha value is -2.04. The van der Waals surface area contributed by atoms with Crippen molar-refractivity contribution < 1.29 is 9.47 Å². The fraction of sp³-hybridized carbons (Fsp3) is 0.478. The van der Waals surface area contributed by atoms with Gasteiger partial charge in [0.2, 0.25) is 0 Å². The molecule has 1 aliphatic rings. The highest BCUT2D eigenvalue weighted by Gasteiger charge is 2.13. The normalized spacial score (nSPS) is 15.7. The van der Waals surface area contributed by atoms with Crippen LogP contribution in [-0.2, 0) is 13.0 Å². The van der Waals surface area contributed by atoms with E-state index in [1.54, 1.807) is 7.11 Å². The lowest BCUT2D eigenvalue weighted by atomic mass is 10.1. The molecule has 4 nitrogen and oxygen atoms in total. The predicted octanol–water partition coefficient (Wildman–Crippen LogP) is 3.76. The number of nitrogens with zero attached hydrogens (tertiary/aromatic N) is 2. The minimum Gasteiger partial charge on any atom is -0.493 e. The monoisotopic (exact) mass is 368 g/mol. The minimum atomic E-state index is 0.556. The first-order chi connectivity index (χ1) is 13.1. The zero-order valence-electron chi connectivity index (χ0n) is 16.9. The highest BCUT2D eigenvalue weighted by molar-refractivity contribution is 5.43. The molecular weight excluding hydrogens is 336 g/mol. The topological polar surface area (TPSA) is 24.9 Å². The van der Waals surface area contributed by atoms with E-state index >= 15 is 0 Å². The van der Waals surface area contributed by atoms with E-state index in [1.165, 1.54) is 55.8 Å². The van der Waals surface area contributed by atoms with Crippen LogP contribution in [0.4, 0.5) is 0 Å². The SMILES string of the molecule is COc1cc(CCCN2CCN(C)CC2)ccc1OCc1cccc(C)c1. The Labute approximate surface area is 163 Å². The summed E-state index contributed by atoms with van der Waals surface area (Å²) in [5.41, 5.74) is 3.73. The first-order valence-corrected chi connectivity index (χ1v) is 9.90. The smallest absolute Gasteiger partial charge is 0.161 e. The third kappa shape index (κ3) is 5.98. The Morgan fingerprint density at radius 3 is 2.48 bits per heavy atom. The Kier molecular flexibility index (Phi) is 7.13. The molecule has 1 heterocycles. The first-order valence-electron chi connectivity index (χ1n) is 9.90. The Morgan fingerprint density at radius 1 is 0.926 bits per heavy atom. The number of benzene rings is 2. The summed E-state index contributed by atoms with van der Waals surface area (Å²) in [6.45, 7) is 8.56. The molecule has 0 bridgehead atoms. The number of aryl methyl sites for hydroxylation is 2. The summed E-state index contributed by atoms with van der Waals surface area (Å²) in [5.74, 6) is 1.63. The fourth-order valence-electron chi connectivity index (χ4n) is 3.53. The summed E-state index contributed by atoms with van der Waals surface area (Å²) in [4.78, 5) is 4.97. The van der Waals surface area contributed by atoms with E-state index in [0.29, 0.717) is 6.61 Å². The summed E-state index contributed by atoms with van der Waals surface area (Å²) in [7, 11) is 3.91. The van der Waals surface area contributed by atoms with Crippen LogP contribution in [0.25, 0.3) is 0 Å². The molecule has 0 unspecified atom stereocenters. The van der Waals surface area contributed by atoms with E-state index in [4.69, 9.17) is 9.47 Å². The van der Waals surface area contributed by atoms with Crippen LogP contribution < -0.4 is 9.47 Å². The largest absolute Gasteiger partial charge is 0.493 e. The molecule has 1 aliphatic heterocycles. The molecular formula is C23H32N2O2. The summed E-state index contributed by atoms with van der Waals surface area (Å²) in [6, 6.07) is 14.7. The quantitative estimate of drug-likeness (QED) is 0.708. The van der Waals surface area contributed by atoms with Crippen LogP contribution in [0.15, 0.2) is 42.5 Å². The number of rotatable bonds is 8. The lowest BCUT2D eigenvalue weighted by Crippen LogP contribution is -2.44. The van der Waals surface area contributed by atoms with Gasteiger partial charge in [-0.15, -0.1) is 0 Å². The van der Waals surface area contributed by atoms with Crippen molar-refractivity contribution in [2.24, 2.45) is 0 Å². The lowest BCUT2D eigenvalue weighted by Gasteiger charge is -2.32. The number of hydrogen-bond donors (Lipinski definition) is 0. The van der Waals surface area contributed by atoms with Crippen molar-refractivity contribution in [3.63, 3.8) is 0 Å². The summed E-state index contributed by atoms with van der Waals surface area (Å²) < 4.78 is 11.6. The van der Waals surface area contributed by atoms with E-state index in [0.717, 1.165) is 17.9 Å². The first kappa shape index (κ1) is 19.7. The van der Waals surface area contributed by atoms with E-state index in [1.807, 2.05) is 6.07 Å². The summed E-state index contributed by atoms with van der Waals surface area (Å²) in [6.07, 6.45) is 2.25. The van der Waals surface area contributed by atoms with Gasteiger partial charge in [0.25, 0.3) is 0 Å². The third-order valence-corrected chi connectivity index (χ3v) is 5.24. The maximum atomic E-state index is 6.00. The van der Waals surface area contributed by atoms with Gasteiger partial charge in [0.1, 0.15) is 6.61 Å². The van der Waals surface area contributed by atoms with Crippen LogP contribution in [0.2, 0.25) is 0 Å². The molecule has 0 aromatic heterocycles. The highest BCUT2D eigenvalue weighted by Crippen LogP contribution is 2.29. The molecule has 0 aliphatic carbocycles. The molecule has 2 aromatic carbocycles. The number of methoxy groups -OCH3 is 1. The molecule has 0 radical (unpaired) electrons. The Bertz CT molecular complexity index is 724. The molecule has 0 spiro atoms. The molecule has 2 aromatic rings. The van der Waals surface area contributed by atoms with Crippen molar-refractivity contribution >= 4 is 0 Å². The third-order valence-electron chi connectivity index (χ3n) is 5.24. The molecule has 1 fully saturated rings. The van der Waals surface area contributed by atoms with Gasteiger partial charge in [-0.3, -0.25) is 0 Å². The van der Waals surface area contributed by atoms with Gasteiger partial charge in [-0.25, -0.2) is 0 Å². The van der Waals surface area contributed by atoms with Crippen LogP contribution in [0, 0.1) is 6.92 Å². The number of hydrogen-bond acceptors (Lipinski definition) is 4. The van der Waals surface area contributed by atoms with E-state index < -0.39 is 0 Å². The zero-order valence-corrected chi connectivity index (χ0v) is 16.9. The van der Waals surface area contributed by atoms with Gasteiger partial charge in [-0.1, -0.05) is 35.9 Å². The highest BCUT2D eigenvalue weighted by atomic mass is 16.5. The van der Waals surface area contributed by atoms with Crippen molar-refractivity contribution in [1.82, 2.24) is 9.80 Å². The van der Waals surface area contributed by atoms with Crippen molar-refractivity contribution in [2.75, 3.05) is 46.9 Å². The number of likely N-dealkylation sites (N-methyl/N-ethyl adjacent to an activating group) is 1. The second-order valence-corrected chi connectivity index (χ2v) is 7.51. The maximum Gasteiger partial charge on any atom is 0.161 e. The molecule has 4 heteroatoms. The molecule has 0 saturated carbocycles. The Morgan fingerprint density at radius 2 is 1.74 bits per heavy atom. The van der Waals surface area contributed by atoms with Crippen LogP contribution in [-0.4, -0.2) is 56.7 Å². The summed E-state index contributed by atoms with van der Waals surface area (Å²) in [5, 5.41) is 0. The van der Waals surface area contributed by atoms with Gasteiger partial charge in [0.15, 0.2) is 11.5 Å². The van der Waals surface area contributed by atoms with Crippen molar-refractivity contribution in [3.05, 3.63) is 59.2 Å². The van der Waals surface area contributed by atoms with Crippen LogP contribution in [0.5, 0.6) is 11.5 Å². The average molecular weight is 369 g/mol. The average Bonchev–Trinajstić information content (AvgIpc) is 2.68. The van der Waals surface area contributed by atoms with Crippen molar-refractivity contribution in [1.29, 1.82) is 0 Å². The lowest BCUT2D eigenvalue weighted by molar-refractivity contribution is 0.153. The standard InChI is InChI=1S/C23H32N2O2/c1-19-6-4-7-21(16-19)18-27-22-10-9-20(17-23(22)26-3)8-5-11-25-14-12-24(2)13-15-25/h4,6-7,9-10,16-17H,5,8,11-15,18H2,1-3H3. The Balaban J connectivity index is 1.51. The molecule has 0 atom stereocenters. The van der Waals surface area contributed by atoms with E-state index in [2.05, 4.69) is 60.2 Å². The molecule has 1 saturated heterocycles. The van der Waals surface area contributed by atoms with Gasteiger partial charge in [-0.2, -0.15) is 0 Å². The van der Waals surface area contributed by atoms with Gasteiger partial charge in [0.05, 0.1) is 7.11 Å². The van der Waals surface area contributed by atoms with E-state index in [9.17, 15) is 0 Å². The number of ether oxygens (including phenoxy) is 2. The van der Waals surface area contributed by atoms with Crippen molar-refractivity contribution in [3.8, 4) is 11.5 Å². The fourth-order valence-corrected chi connectivity index (χ4v) is 3.53. The van der Waals surface area contributed by atoms with Crippen LogP contribution >= 0.6 is 0 Å². The second-order valence-electron chi connectivity index (χ2n) is 7.51.